The van der Waals surface area contributed by atoms with Crippen LogP contribution in [0.15, 0.2) is 16.1 Å². The molecule has 1 amide bonds. The van der Waals surface area contributed by atoms with Crippen molar-refractivity contribution < 1.29 is 4.79 Å². The number of hydrogen-bond acceptors (Lipinski definition) is 5. The first-order valence-electron chi connectivity index (χ1n) is 10.3. The molecule has 0 saturated carbocycles. The number of hydrogen-bond donors (Lipinski definition) is 1. The summed E-state index contributed by atoms with van der Waals surface area (Å²) in [7, 11) is 0. The van der Waals surface area contributed by atoms with Gasteiger partial charge in [0.15, 0.2) is 5.50 Å². The fourth-order valence-electron chi connectivity index (χ4n) is 3.13. The number of unbranched alkanes of at least 4 members (excludes halogenated alkanes) is 7. The van der Waals surface area contributed by atoms with Crippen LogP contribution in [0, 0.1) is 5.41 Å². The minimum Gasteiger partial charge on any atom is -0.273 e. The first-order valence-corrected chi connectivity index (χ1v) is 12.8. The van der Waals surface area contributed by atoms with E-state index in [0.717, 1.165) is 23.6 Å². The summed E-state index contributed by atoms with van der Waals surface area (Å²) in [4.78, 5) is 17.6. The molecule has 0 bridgehead atoms. The Bertz CT molecular complexity index is 518. The van der Waals surface area contributed by atoms with Crippen LogP contribution in [0.4, 0.5) is 0 Å². The topological polar surface area (TPSA) is 44.7 Å². The van der Waals surface area contributed by atoms with Crippen LogP contribution in [-0.2, 0) is 4.79 Å². The summed E-state index contributed by atoms with van der Waals surface area (Å²) in [6.07, 6.45) is 17.3. The molecule has 0 aromatic carbocycles. The van der Waals surface area contributed by atoms with E-state index in [1.54, 1.807) is 23.5 Å². The summed E-state index contributed by atoms with van der Waals surface area (Å²) in [6, 6.07) is 0. The lowest BCUT2D eigenvalue weighted by Crippen LogP contribution is -2.51. The van der Waals surface area contributed by atoms with Crippen LogP contribution >= 0.6 is 23.5 Å². The average molecular weight is 414 g/mol. The van der Waals surface area contributed by atoms with Gasteiger partial charge in [-0.25, -0.2) is 5.01 Å². The molecule has 1 unspecified atom stereocenters. The minimum atomic E-state index is -0.370. The Hall–Kier alpha value is -0.620. The van der Waals surface area contributed by atoms with Gasteiger partial charge in [-0.2, -0.15) is 0 Å². The first kappa shape index (κ1) is 24.4. The van der Waals surface area contributed by atoms with Gasteiger partial charge in [0, 0.05) is 11.1 Å². The van der Waals surface area contributed by atoms with Crippen molar-refractivity contribution >= 4 is 35.1 Å². The Morgan fingerprint density at radius 2 is 1.74 bits per heavy atom. The lowest BCUT2D eigenvalue weighted by Gasteiger charge is -2.36. The zero-order valence-electron chi connectivity index (χ0n) is 18.1. The molecule has 6 heteroatoms. The van der Waals surface area contributed by atoms with Crippen LogP contribution in [0.2, 0.25) is 0 Å². The van der Waals surface area contributed by atoms with Gasteiger partial charge in [0.2, 0.25) is 5.91 Å². The number of carbonyl (C=O) groups is 1. The highest BCUT2D eigenvalue weighted by atomic mass is 32.2. The summed E-state index contributed by atoms with van der Waals surface area (Å²) < 4.78 is 0. The molecule has 0 aliphatic carbocycles. The van der Waals surface area contributed by atoms with E-state index in [4.69, 9.17) is 0 Å². The number of rotatable bonds is 13. The van der Waals surface area contributed by atoms with E-state index >= 15 is 0 Å². The molecule has 4 nitrogen and oxygen atoms in total. The maximum Gasteiger partial charge on any atom is 0.244 e. The standard InChI is InChI=1S/C21H39N3OS2/c1-7-8-9-10-11-12-13-14-15-21(3,4)19(25)23-24-18(26-5)16-17(2)22-20(24)27-6/h16,20H,7-15H2,1-6H3,(H,23,25). The van der Waals surface area contributed by atoms with Crippen molar-refractivity contribution in [1.29, 1.82) is 0 Å². The lowest BCUT2D eigenvalue weighted by atomic mass is 9.86. The fourth-order valence-corrected chi connectivity index (χ4v) is 4.47. The molecule has 0 aromatic heterocycles. The Balaban J connectivity index is 2.46. The molecule has 1 heterocycles. The van der Waals surface area contributed by atoms with Crippen LogP contribution < -0.4 is 5.43 Å². The normalized spacial score (nSPS) is 17.6. The van der Waals surface area contributed by atoms with Gasteiger partial charge in [-0.1, -0.05) is 72.1 Å². The maximum absolute atomic E-state index is 12.9. The molecule has 1 atom stereocenters. The molecule has 1 aliphatic heterocycles. The highest BCUT2D eigenvalue weighted by Crippen LogP contribution is 2.30. The minimum absolute atomic E-state index is 0.0826. The zero-order valence-corrected chi connectivity index (χ0v) is 19.8. The quantitative estimate of drug-likeness (QED) is 0.365. The summed E-state index contributed by atoms with van der Waals surface area (Å²) in [5.74, 6) is 0.0826. The van der Waals surface area contributed by atoms with Gasteiger partial charge in [0.25, 0.3) is 0 Å². The number of aliphatic imine (C=N–C) groups is 1. The average Bonchev–Trinajstić information content (AvgIpc) is 2.64. The third kappa shape index (κ3) is 8.51. The summed E-state index contributed by atoms with van der Waals surface area (Å²) >= 11 is 3.27. The number of carbonyl (C=O) groups excluding carboxylic acids is 1. The third-order valence-electron chi connectivity index (χ3n) is 5.02. The van der Waals surface area contributed by atoms with Crippen molar-refractivity contribution in [2.75, 3.05) is 12.5 Å². The van der Waals surface area contributed by atoms with Crippen LogP contribution in [0.1, 0.15) is 85.5 Å². The second kappa shape index (κ2) is 12.8. The maximum atomic E-state index is 12.9. The van der Waals surface area contributed by atoms with Gasteiger partial charge in [0.05, 0.1) is 5.03 Å². The second-order valence-corrected chi connectivity index (χ2v) is 9.66. The van der Waals surface area contributed by atoms with Gasteiger partial charge >= 0.3 is 0 Å². The van der Waals surface area contributed by atoms with Crippen LogP contribution in [-0.4, -0.2) is 34.6 Å². The molecule has 1 aliphatic rings. The number of amides is 1. The van der Waals surface area contributed by atoms with Crippen molar-refractivity contribution in [2.24, 2.45) is 10.4 Å². The molecule has 0 fully saturated rings. The second-order valence-electron chi connectivity index (χ2n) is 7.94. The van der Waals surface area contributed by atoms with Gasteiger partial charge in [-0.05, 0) is 31.9 Å². The number of allylic oxidation sites excluding steroid dienone is 1. The highest BCUT2D eigenvalue weighted by Gasteiger charge is 2.32. The number of thioether (sulfide) groups is 2. The Morgan fingerprint density at radius 1 is 1.15 bits per heavy atom. The SMILES string of the molecule is CCCCCCCCCCC(C)(C)C(=O)NN1C(SC)=CC(C)=NC1SC. The molecular formula is C21H39N3OS2. The van der Waals surface area contributed by atoms with Crippen molar-refractivity contribution in [3.8, 4) is 0 Å². The predicted octanol–water partition coefficient (Wildman–Crippen LogP) is 6.20. The van der Waals surface area contributed by atoms with E-state index in [-0.39, 0.29) is 16.8 Å². The van der Waals surface area contributed by atoms with Crippen molar-refractivity contribution in [2.45, 2.75) is 91.0 Å². The molecule has 156 valence electrons. The number of hydrazine groups is 1. The van der Waals surface area contributed by atoms with Gasteiger partial charge in [-0.3, -0.25) is 15.2 Å². The van der Waals surface area contributed by atoms with E-state index in [2.05, 4.69) is 31.2 Å². The first-order chi connectivity index (χ1) is 12.9. The van der Waals surface area contributed by atoms with E-state index in [1.807, 2.05) is 30.5 Å². The molecule has 0 radical (unpaired) electrons. The molecule has 0 saturated heterocycles. The Labute approximate surface area is 175 Å². The molecule has 0 spiro atoms. The van der Waals surface area contributed by atoms with E-state index in [9.17, 15) is 4.79 Å². The van der Waals surface area contributed by atoms with Crippen LogP contribution in [0.25, 0.3) is 0 Å². The largest absolute Gasteiger partial charge is 0.273 e. The van der Waals surface area contributed by atoms with Crippen molar-refractivity contribution in [1.82, 2.24) is 10.4 Å². The van der Waals surface area contributed by atoms with Gasteiger partial charge < -0.3 is 0 Å². The lowest BCUT2D eigenvalue weighted by molar-refractivity contribution is -0.134. The molecule has 1 N–H and O–H groups in total. The smallest absolute Gasteiger partial charge is 0.244 e. The monoisotopic (exact) mass is 413 g/mol. The van der Waals surface area contributed by atoms with Crippen LogP contribution in [0.3, 0.4) is 0 Å². The fraction of sp³-hybridized carbons (Fsp3) is 0.810. The van der Waals surface area contributed by atoms with Crippen LogP contribution in [0.5, 0.6) is 0 Å². The molecule has 0 aromatic rings. The highest BCUT2D eigenvalue weighted by molar-refractivity contribution is 8.02. The zero-order chi connectivity index (χ0) is 20.3. The van der Waals surface area contributed by atoms with E-state index < -0.39 is 0 Å². The van der Waals surface area contributed by atoms with Gasteiger partial charge in [0.1, 0.15) is 0 Å². The molecule has 1 rings (SSSR count). The summed E-state index contributed by atoms with van der Waals surface area (Å²) in [5.41, 5.74) is 3.67. The summed E-state index contributed by atoms with van der Waals surface area (Å²) in [5, 5.41) is 2.96. The van der Waals surface area contributed by atoms with Crippen molar-refractivity contribution in [3.05, 3.63) is 11.1 Å². The predicted molar refractivity (Wildman–Crippen MR) is 123 cm³/mol. The van der Waals surface area contributed by atoms with Gasteiger partial charge in [-0.15, -0.1) is 23.5 Å². The van der Waals surface area contributed by atoms with Crippen molar-refractivity contribution in [3.63, 3.8) is 0 Å². The molecule has 27 heavy (non-hydrogen) atoms. The Morgan fingerprint density at radius 3 is 2.30 bits per heavy atom. The van der Waals surface area contributed by atoms with E-state index in [1.165, 1.54) is 44.9 Å². The molecular weight excluding hydrogens is 374 g/mol. The number of nitrogens with zero attached hydrogens (tertiary/aromatic N) is 2. The third-order valence-corrected chi connectivity index (χ3v) is 6.49. The Kier molecular flexibility index (Phi) is 11.5. The van der Waals surface area contributed by atoms with E-state index in [0.29, 0.717) is 0 Å². The number of nitrogens with one attached hydrogen (secondary N) is 1. The summed E-state index contributed by atoms with van der Waals surface area (Å²) in [6.45, 7) is 8.37.